The lowest BCUT2D eigenvalue weighted by Crippen LogP contribution is -2.27. The molecular weight excluding hydrogens is 354 g/mol. The second kappa shape index (κ2) is 6.03. The minimum atomic E-state index is -0.183. The molecule has 0 spiro atoms. The van der Waals surface area contributed by atoms with Gasteiger partial charge in [0.15, 0.2) is 5.15 Å². The number of hydrogen-bond donors (Lipinski definition) is 2. The summed E-state index contributed by atoms with van der Waals surface area (Å²) in [5, 5.41) is 6.46. The van der Waals surface area contributed by atoms with Crippen LogP contribution >= 0.6 is 27.5 Å². The topological polar surface area (TPSA) is 54.0 Å². The summed E-state index contributed by atoms with van der Waals surface area (Å²) < 4.78 is 0.771. The van der Waals surface area contributed by atoms with Crippen LogP contribution in [0.3, 0.4) is 0 Å². The van der Waals surface area contributed by atoms with Crippen molar-refractivity contribution in [2.45, 2.75) is 12.3 Å². The lowest BCUT2D eigenvalue weighted by atomic mass is 9.90. The van der Waals surface area contributed by atoms with Crippen LogP contribution in [0.15, 0.2) is 41.0 Å². The standard InChI is InChI=1S/C15H13BrClN3O/c16-9-7-13(14(17)19-8-9)20-15(21)11-5-6-18-12-4-2-1-3-10(11)12/h1-4,7-8,11,18H,5-6H2,(H,20,21). The first-order valence-electron chi connectivity index (χ1n) is 6.60. The zero-order chi connectivity index (χ0) is 14.8. The summed E-state index contributed by atoms with van der Waals surface area (Å²) in [4.78, 5) is 16.6. The average Bonchev–Trinajstić information content (AvgIpc) is 2.50. The Morgan fingerprint density at radius 1 is 1.43 bits per heavy atom. The second-order valence-electron chi connectivity index (χ2n) is 4.84. The molecule has 1 atom stereocenters. The van der Waals surface area contributed by atoms with E-state index in [1.165, 1.54) is 0 Å². The first-order chi connectivity index (χ1) is 10.1. The van der Waals surface area contributed by atoms with Crippen LogP contribution in [-0.4, -0.2) is 17.4 Å². The normalized spacial score (nSPS) is 16.8. The van der Waals surface area contributed by atoms with Gasteiger partial charge in [0, 0.05) is 22.9 Å². The fraction of sp³-hybridized carbons (Fsp3) is 0.200. The Labute approximate surface area is 136 Å². The third kappa shape index (κ3) is 3.04. The molecule has 1 aromatic carbocycles. The van der Waals surface area contributed by atoms with Gasteiger partial charge in [-0.15, -0.1) is 0 Å². The number of nitrogens with one attached hydrogen (secondary N) is 2. The van der Waals surface area contributed by atoms with Crippen LogP contribution < -0.4 is 10.6 Å². The molecule has 1 aliphatic heterocycles. The second-order valence-corrected chi connectivity index (χ2v) is 6.11. The summed E-state index contributed by atoms with van der Waals surface area (Å²) in [5.74, 6) is -0.247. The molecule has 2 heterocycles. The van der Waals surface area contributed by atoms with E-state index in [-0.39, 0.29) is 17.0 Å². The first-order valence-corrected chi connectivity index (χ1v) is 7.77. The van der Waals surface area contributed by atoms with Crippen molar-refractivity contribution in [2.24, 2.45) is 0 Å². The molecule has 4 nitrogen and oxygen atoms in total. The molecule has 0 saturated carbocycles. The summed E-state index contributed by atoms with van der Waals surface area (Å²) in [5.41, 5.74) is 2.55. The van der Waals surface area contributed by atoms with Gasteiger partial charge in [0.1, 0.15) is 0 Å². The lowest BCUT2D eigenvalue weighted by Gasteiger charge is -2.26. The molecule has 1 unspecified atom stereocenters. The van der Waals surface area contributed by atoms with Crippen LogP contribution in [-0.2, 0) is 4.79 Å². The summed E-state index contributed by atoms with van der Waals surface area (Å²) >= 11 is 9.35. The zero-order valence-corrected chi connectivity index (χ0v) is 13.4. The third-order valence-electron chi connectivity index (χ3n) is 3.46. The Balaban J connectivity index is 1.85. The van der Waals surface area contributed by atoms with Crippen molar-refractivity contribution in [3.8, 4) is 0 Å². The van der Waals surface area contributed by atoms with E-state index in [1.807, 2.05) is 24.3 Å². The Bertz CT molecular complexity index is 692. The van der Waals surface area contributed by atoms with Crippen molar-refractivity contribution < 1.29 is 4.79 Å². The van der Waals surface area contributed by atoms with E-state index in [1.54, 1.807) is 12.3 Å². The predicted molar refractivity (Wildman–Crippen MR) is 87.9 cm³/mol. The number of carbonyl (C=O) groups excluding carboxylic acids is 1. The molecule has 1 amide bonds. The molecule has 6 heteroatoms. The fourth-order valence-corrected chi connectivity index (χ4v) is 2.95. The average molecular weight is 367 g/mol. The summed E-state index contributed by atoms with van der Waals surface area (Å²) in [7, 11) is 0. The maximum absolute atomic E-state index is 12.6. The third-order valence-corrected chi connectivity index (χ3v) is 4.20. The molecule has 108 valence electrons. The first kappa shape index (κ1) is 14.4. The van der Waals surface area contributed by atoms with E-state index in [4.69, 9.17) is 11.6 Å². The quantitative estimate of drug-likeness (QED) is 0.789. The molecule has 0 radical (unpaired) electrons. The number of hydrogen-bond acceptors (Lipinski definition) is 3. The number of para-hydroxylation sites is 1. The van der Waals surface area contributed by atoms with E-state index < -0.39 is 0 Å². The Morgan fingerprint density at radius 3 is 3.10 bits per heavy atom. The highest BCUT2D eigenvalue weighted by atomic mass is 79.9. The van der Waals surface area contributed by atoms with Crippen LogP contribution in [0.2, 0.25) is 5.15 Å². The minimum Gasteiger partial charge on any atom is -0.385 e. The molecule has 1 aromatic heterocycles. The number of fused-ring (bicyclic) bond motifs is 1. The van der Waals surface area contributed by atoms with Gasteiger partial charge >= 0.3 is 0 Å². The van der Waals surface area contributed by atoms with Crippen LogP contribution in [0.25, 0.3) is 0 Å². The van der Waals surface area contributed by atoms with Crippen molar-refractivity contribution in [3.05, 3.63) is 51.7 Å². The van der Waals surface area contributed by atoms with Crippen molar-refractivity contribution in [1.82, 2.24) is 4.98 Å². The maximum Gasteiger partial charge on any atom is 0.232 e. The van der Waals surface area contributed by atoms with E-state index in [9.17, 15) is 4.79 Å². The van der Waals surface area contributed by atoms with E-state index >= 15 is 0 Å². The van der Waals surface area contributed by atoms with Gasteiger partial charge in [0.25, 0.3) is 0 Å². The number of carbonyl (C=O) groups is 1. The molecule has 0 aliphatic carbocycles. The fourth-order valence-electron chi connectivity index (χ4n) is 2.47. The van der Waals surface area contributed by atoms with Crippen molar-refractivity contribution in [3.63, 3.8) is 0 Å². The number of rotatable bonds is 2. The van der Waals surface area contributed by atoms with Crippen LogP contribution in [0.4, 0.5) is 11.4 Å². The van der Waals surface area contributed by atoms with Crippen LogP contribution in [0, 0.1) is 0 Å². The van der Waals surface area contributed by atoms with Gasteiger partial charge in [-0.05, 0) is 40.0 Å². The SMILES string of the molecule is O=C(Nc1cc(Br)cnc1Cl)C1CCNc2ccccc21. The number of aromatic nitrogens is 1. The number of anilines is 2. The monoisotopic (exact) mass is 365 g/mol. The van der Waals surface area contributed by atoms with Gasteiger partial charge in [-0.2, -0.15) is 0 Å². The number of pyridine rings is 1. The zero-order valence-electron chi connectivity index (χ0n) is 11.1. The highest BCUT2D eigenvalue weighted by Crippen LogP contribution is 2.33. The molecule has 0 bridgehead atoms. The van der Waals surface area contributed by atoms with E-state index in [0.717, 1.165) is 28.7 Å². The minimum absolute atomic E-state index is 0.0641. The van der Waals surface area contributed by atoms with E-state index in [2.05, 4.69) is 31.5 Å². The van der Waals surface area contributed by atoms with Crippen LogP contribution in [0.5, 0.6) is 0 Å². The van der Waals surface area contributed by atoms with Crippen molar-refractivity contribution >= 4 is 44.8 Å². The summed E-state index contributed by atoms with van der Waals surface area (Å²) in [6.07, 6.45) is 2.35. The number of halogens is 2. The molecule has 1 aliphatic rings. The molecular formula is C15H13BrClN3O. The van der Waals surface area contributed by atoms with Gasteiger partial charge in [0.2, 0.25) is 5.91 Å². The molecule has 2 N–H and O–H groups in total. The predicted octanol–water partition coefficient (Wildman–Crippen LogP) is 4.04. The molecule has 2 aromatic rings. The molecule has 21 heavy (non-hydrogen) atoms. The number of benzene rings is 1. The van der Waals surface area contributed by atoms with E-state index in [0.29, 0.717) is 5.69 Å². The van der Waals surface area contributed by atoms with Crippen molar-refractivity contribution in [2.75, 3.05) is 17.2 Å². The van der Waals surface area contributed by atoms with Gasteiger partial charge in [-0.1, -0.05) is 29.8 Å². The van der Waals surface area contributed by atoms with Gasteiger partial charge in [-0.25, -0.2) is 4.98 Å². The summed E-state index contributed by atoms with van der Waals surface area (Å²) in [6.45, 7) is 0.777. The smallest absolute Gasteiger partial charge is 0.232 e. The molecule has 0 fully saturated rings. The van der Waals surface area contributed by atoms with Gasteiger partial charge in [0.05, 0.1) is 11.6 Å². The largest absolute Gasteiger partial charge is 0.385 e. The Hall–Kier alpha value is -1.59. The van der Waals surface area contributed by atoms with Crippen LogP contribution in [0.1, 0.15) is 17.9 Å². The molecule has 3 rings (SSSR count). The van der Waals surface area contributed by atoms with Gasteiger partial charge < -0.3 is 10.6 Å². The number of nitrogens with zero attached hydrogens (tertiary/aromatic N) is 1. The lowest BCUT2D eigenvalue weighted by molar-refractivity contribution is -0.117. The highest BCUT2D eigenvalue weighted by Gasteiger charge is 2.26. The molecule has 0 saturated heterocycles. The van der Waals surface area contributed by atoms with Gasteiger partial charge in [-0.3, -0.25) is 4.79 Å². The Kier molecular flexibility index (Phi) is 4.12. The maximum atomic E-state index is 12.6. The highest BCUT2D eigenvalue weighted by molar-refractivity contribution is 9.10. The Morgan fingerprint density at radius 2 is 2.24 bits per heavy atom. The van der Waals surface area contributed by atoms with Crippen molar-refractivity contribution in [1.29, 1.82) is 0 Å². The number of amides is 1. The summed E-state index contributed by atoms with van der Waals surface area (Å²) in [6, 6.07) is 9.62.